The summed E-state index contributed by atoms with van der Waals surface area (Å²) in [6.45, 7) is 1.57. The summed E-state index contributed by atoms with van der Waals surface area (Å²) in [5, 5.41) is 9.29. The maximum absolute atomic E-state index is 10.7. The Balaban J connectivity index is 2.34. The second-order valence-electron chi connectivity index (χ2n) is 5.45. The zero-order valence-electron chi connectivity index (χ0n) is 14.2. The zero-order valence-corrected chi connectivity index (χ0v) is 15.7. The molecule has 0 radical (unpaired) electrons. The third kappa shape index (κ3) is 6.02. The van der Waals surface area contributed by atoms with Crippen molar-refractivity contribution in [3.05, 3.63) is 58.1 Å². The lowest BCUT2D eigenvalue weighted by Gasteiger charge is -2.09. The molecule has 0 heterocycles. The van der Waals surface area contributed by atoms with Gasteiger partial charge in [0, 0.05) is 15.5 Å². The molecule has 1 N–H and O–H groups in total. The van der Waals surface area contributed by atoms with E-state index in [1.54, 1.807) is 30.1 Å². The molecule has 4 nitrogen and oxygen atoms in total. The molecular formula is C19H18ClNO3S. The fourth-order valence-corrected chi connectivity index (χ4v) is 2.90. The minimum absolute atomic E-state index is 0.399. The minimum atomic E-state index is -1.04. The van der Waals surface area contributed by atoms with Crippen molar-refractivity contribution in [3.63, 3.8) is 0 Å². The van der Waals surface area contributed by atoms with E-state index in [0.29, 0.717) is 16.3 Å². The summed E-state index contributed by atoms with van der Waals surface area (Å²) in [6, 6.07) is 11.0. The smallest absolute Gasteiger partial charge is 0.341 e. The fourth-order valence-electron chi connectivity index (χ4n) is 2.00. The van der Waals surface area contributed by atoms with Gasteiger partial charge in [0.25, 0.3) is 0 Å². The normalized spacial score (nSPS) is 10.3. The van der Waals surface area contributed by atoms with Gasteiger partial charge in [-0.05, 0) is 68.9 Å². The fraction of sp³-hybridized carbons (Fsp3) is 0.211. The van der Waals surface area contributed by atoms with Crippen LogP contribution in [0.2, 0.25) is 5.02 Å². The summed E-state index contributed by atoms with van der Waals surface area (Å²) in [6.07, 6.45) is 0. The van der Waals surface area contributed by atoms with E-state index in [9.17, 15) is 4.79 Å². The first kappa shape index (κ1) is 19.2. The number of hydrogen-bond donors (Lipinski definition) is 1. The minimum Gasteiger partial charge on any atom is -0.481 e. The van der Waals surface area contributed by atoms with Crippen molar-refractivity contribution >= 4 is 29.5 Å². The predicted molar refractivity (Wildman–Crippen MR) is 101 cm³/mol. The topological polar surface area (TPSA) is 49.8 Å². The monoisotopic (exact) mass is 375 g/mol. The van der Waals surface area contributed by atoms with E-state index in [2.05, 4.69) is 11.8 Å². The van der Waals surface area contributed by atoms with E-state index < -0.39 is 12.6 Å². The van der Waals surface area contributed by atoms with Gasteiger partial charge in [-0.1, -0.05) is 29.5 Å². The quantitative estimate of drug-likeness (QED) is 0.630. The summed E-state index contributed by atoms with van der Waals surface area (Å²) in [7, 11) is 3.96. The molecule has 2 aromatic carbocycles. The van der Waals surface area contributed by atoms with Gasteiger partial charge >= 0.3 is 5.97 Å². The van der Waals surface area contributed by atoms with Gasteiger partial charge in [-0.2, -0.15) is 0 Å². The number of rotatable bonds is 5. The number of carboxylic acid groups (broad SMARTS) is 1. The van der Waals surface area contributed by atoms with Gasteiger partial charge in [-0.25, -0.2) is 4.79 Å². The van der Waals surface area contributed by atoms with E-state index in [0.717, 1.165) is 16.0 Å². The highest BCUT2D eigenvalue weighted by Gasteiger charge is 2.06. The zero-order chi connectivity index (χ0) is 18.4. The third-order valence-electron chi connectivity index (χ3n) is 3.12. The Morgan fingerprint density at radius 1 is 1.20 bits per heavy atom. The van der Waals surface area contributed by atoms with Crippen LogP contribution >= 0.6 is 23.5 Å². The van der Waals surface area contributed by atoms with Crippen molar-refractivity contribution in [3.8, 4) is 17.6 Å². The van der Waals surface area contributed by atoms with Crippen LogP contribution in [0.5, 0.6) is 5.75 Å². The lowest BCUT2D eigenvalue weighted by Crippen LogP contribution is -2.10. The summed E-state index contributed by atoms with van der Waals surface area (Å²) in [4.78, 5) is 11.8. The lowest BCUT2D eigenvalue weighted by molar-refractivity contribution is -0.139. The molecule has 2 aromatic rings. The van der Waals surface area contributed by atoms with Crippen LogP contribution in [0.1, 0.15) is 16.7 Å². The highest BCUT2D eigenvalue weighted by molar-refractivity contribution is 7.97. The number of carboxylic acids is 1. The second kappa shape index (κ2) is 8.82. The molecule has 0 saturated heterocycles. The number of halogens is 1. The van der Waals surface area contributed by atoms with Crippen LogP contribution in [0.3, 0.4) is 0 Å². The van der Waals surface area contributed by atoms with Crippen LogP contribution in [0.15, 0.2) is 41.3 Å². The Kier molecular flexibility index (Phi) is 6.77. The van der Waals surface area contributed by atoms with Crippen molar-refractivity contribution in [1.29, 1.82) is 0 Å². The Bertz CT molecular complexity index is 840. The number of nitrogens with zero attached hydrogens (tertiary/aromatic N) is 1. The number of ether oxygens (including phenoxy) is 1. The maximum atomic E-state index is 10.7. The molecule has 0 aliphatic carbocycles. The summed E-state index contributed by atoms with van der Waals surface area (Å²) in [5.41, 5.74) is 2.51. The molecule has 0 atom stereocenters. The second-order valence-corrected chi connectivity index (χ2v) is 7.27. The van der Waals surface area contributed by atoms with E-state index in [-0.39, 0.29) is 0 Å². The number of carbonyl (C=O) groups is 1. The van der Waals surface area contributed by atoms with Crippen LogP contribution in [0.25, 0.3) is 0 Å². The third-order valence-corrected chi connectivity index (χ3v) is 4.19. The highest BCUT2D eigenvalue weighted by Crippen LogP contribution is 2.24. The molecule has 0 amide bonds. The average molecular weight is 376 g/mol. The van der Waals surface area contributed by atoms with Crippen molar-refractivity contribution in [2.75, 3.05) is 20.7 Å². The van der Waals surface area contributed by atoms with E-state index >= 15 is 0 Å². The van der Waals surface area contributed by atoms with Crippen molar-refractivity contribution in [2.24, 2.45) is 0 Å². The Morgan fingerprint density at radius 3 is 2.60 bits per heavy atom. The molecule has 6 heteroatoms. The number of aryl methyl sites for hydroxylation is 1. The van der Waals surface area contributed by atoms with Gasteiger partial charge in [0.1, 0.15) is 5.75 Å². The molecule has 0 aromatic heterocycles. The Morgan fingerprint density at radius 2 is 1.92 bits per heavy atom. The number of benzene rings is 2. The van der Waals surface area contributed by atoms with Crippen LogP contribution in [-0.4, -0.2) is 36.1 Å². The van der Waals surface area contributed by atoms with E-state index in [1.165, 1.54) is 0 Å². The number of aliphatic carboxylic acids is 1. The molecule has 0 aliphatic rings. The van der Waals surface area contributed by atoms with Crippen LogP contribution in [0.4, 0.5) is 0 Å². The largest absolute Gasteiger partial charge is 0.481 e. The van der Waals surface area contributed by atoms with Crippen LogP contribution < -0.4 is 4.74 Å². The van der Waals surface area contributed by atoms with E-state index in [1.807, 2.05) is 43.5 Å². The molecule has 0 saturated carbocycles. The SMILES string of the molecule is Cc1ccc(SN(C)C)cc1C#Cc1cc(Cl)ccc1OCC(=O)O. The molecule has 0 fully saturated rings. The molecule has 130 valence electrons. The van der Waals surface area contributed by atoms with Crippen LogP contribution in [0, 0.1) is 18.8 Å². The van der Waals surface area contributed by atoms with Crippen molar-refractivity contribution < 1.29 is 14.6 Å². The lowest BCUT2D eigenvalue weighted by atomic mass is 10.1. The summed E-state index contributed by atoms with van der Waals surface area (Å²) < 4.78 is 7.29. The molecule has 25 heavy (non-hydrogen) atoms. The van der Waals surface area contributed by atoms with Crippen molar-refractivity contribution in [1.82, 2.24) is 4.31 Å². The van der Waals surface area contributed by atoms with Crippen LogP contribution in [-0.2, 0) is 4.79 Å². The first-order valence-electron chi connectivity index (χ1n) is 7.47. The standard InChI is InChI=1S/C19H18ClNO3S/c1-13-4-8-17(25-21(2)3)11-14(13)5-6-15-10-16(20)7-9-18(15)24-12-19(22)23/h4,7-11H,12H2,1-3H3,(H,22,23). The molecular weight excluding hydrogens is 358 g/mol. The molecule has 2 rings (SSSR count). The molecule has 0 spiro atoms. The van der Waals surface area contributed by atoms with Gasteiger partial charge in [-0.15, -0.1) is 0 Å². The van der Waals surface area contributed by atoms with Gasteiger partial charge in [0.15, 0.2) is 6.61 Å². The van der Waals surface area contributed by atoms with Gasteiger partial charge < -0.3 is 9.84 Å². The first-order valence-corrected chi connectivity index (χ1v) is 8.62. The summed E-state index contributed by atoms with van der Waals surface area (Å²) in [5.74, 6) is 5.53. The molecule has 0 unspecified atom stereocenters. The van der Waals surface area contributed by atoms with Crippen molar-refractivity contribution in [2.45, 2.75) is 11.8 Å². The molecule has 0 aliphatic heterocycles. The highest BCUT2D eigenvalue weighted by atomic mass is 35.5. The predicted octanol–water partition coefficient (Wildman–Crippen LogP) is 4.08. The Labute approximate surface area is 156 Å². The maximum Gasteiger partial charge on any atom is 0.341 e. The first-order chi connectivity index (χ1) is 11.8. The van der Waals surface area contributed by atoms with E-state index in [4.69, 9.17) is 21.4 Å². The van der Waals surface area contributed by atoms with Gasteiger partial charge in [-0.3, -0.25) is 4.31 Å². The number of hydrogen-bond acceptors (Lipinski definition) is 4. The molecule has 0 bridgehead atoms. The Hall–Kier alpha value is -2.13. The van der Waals surface area contributed by atoms with Gasteiger partial charge in [0.2, 0.25) is 0 Å². The van der Waals surface area contributed by atoms with Gasteiger partial charge in [0.05, 0.1) is 5.56 Å². The average Bonchev–Trinajstić information content (AvgIpc) is 2.53. The summed E-state index contributed by atoms with van der Waals surface area (Å²) >= 11 is 7.64.